The van der Waals surface area contributed by atoms with E-state index in [1.807, 2.05) is 29.8 Å². The molecule has 1 unspecified atom stereocenters. The Morgan fingerprint density at radius 2 is 2.14 bits per heavy atom. The largest absolute Gasteiger partial charge is 0.324 e. The zero-order valence-corrected chi connectivity index (χ0v) is 16.4. The summed E-state index contributed by atoms with van der Waals surface area (Å²) in [6, 6.07) is 10.4. The lowest BCUT2D eigenvalue weighted by Crippen LogP contribution is -2.13. The van der Waals surface area contributed by atoms with Gasteiger partial charge < -0.3 is 5.32 Å². The molecule has 2 aromatic carbocycles. The number of thiazole rings is 1. The van der Waals surface area contributed by atoms with Crippen molar-refractivity contribution >= 4 is 40.1 Å². The third kappa shape index (κ3) is 3.54. The number of benzene rings is 2. The minimum atomic E-state index is -0.309. The summed E-state index contributed by atoms with van der Waals surface area (Å²) in [6.07, 6.45) is 5.55. The van der Waals surface area contributed by atoms with Crippen molar-refractivity contribution in [3.63, 3.8) is 0 Å². The third-order valence-electron chi connectivity index (χ3n) is 4.80. The van der Waals surface area contributed by atoms with Crippen LogP contribution >= 0.6 is 11.3 Å². The highest BCUT2D eigenvalue weighted by Gasteiger charge is 2.22. The predicted octanol–water partition coefficient (Wildman–Crippen LogP) is 4.65. The fourth-order valence-electron chi connectivity index (χ4n) is 3.45. The molecule has 3 heterocycles. The smallest absolute Gasteiger partial charge is 0.227 e. The SMILES string of the molecule is CN1CC(c2cc3nc(Nc4cccc(F)c4)ncc3cc2-c2nccs2)C=N1. The van der Waals surface area contributed by atoms with Crippen LogP contribution in [0.15, 0.2) is 59.3 Å². The number of nitrogens with zero attached hydrogens (tertiary/aromatic N) is 5. The van der Waals surface area contributed by atoms with E-state index in [1.165, 1.54) is 12.1 Å². The molecule has 8 heteroatoms. The van der Waals surface area contributed by atoms with E-state index < -0.39 is 0 Å². The maximum Gasteiger partial charge on any atom is 0.227 e. The van der Waals surface area contributed by atoms with Gasteiger partial charge in [0.1, 0.15) is 10.8 Å². The third-order valence-corrected chi connectivity index (χ3v) is 5.61. The Kier molecular flexibility index (Phi) is 4.40. The summed E-state index contributed by atoms with van der Waals surface area (Å²) in [5, 5.41) is 13.2. The van der Waals surface area contributed by atoms with E-state index >= 15 is 0 Å². The first-order valence-corrected chi connectivity index (χ1v) is 10.0. The Bertz CT molecular complexity index is 1210. The van der Waals surface area contributed by atoms with E-state index in [-0.39, 0.29) is 11.7 Å². The summed E-state index contributed by atoms with van der Waals surface area (Å²) in [5.41, 5.74) is 3.63. The van der Waals surface area contributed by atoms with Crippen LogP contribution < -0.4 is 5.32 Å². The van der Waals surface area contributed by atoms with Crippen molar-refractivity contribution in [3.05, 3.63) is 65.6 Å². The molecule has 1 aliphatic rings. The van der Waals surface area contributed by atoms with Crippen LogP contribution in [0.4, 0.5) is 16.0 Å². The van der Waals surface area contributed by atoms with E-state index in [4.69, 9.17) is 0 Å². The summed E-state index contributed by atoms with van der Waals surface area (Å²) < 4.78 is 13.5. The molecule has 0 radical (unpaired) electrons. The first-order chi connectivity index (χ1) is 14.2. The molecule has 1 atom stereocenters. The van der Waals surface area contributed by atoms with E-state index in [2.05, 4.69) is 37.5 Å². The van der Waals surface area contributed by atoms with Gasteiger partial charge in [-0.2, -0.15) is 5.10 Å². The fourth-order valence-corrected chi connectivity index (χ4v) is 4.13. The minimum absolute atomic E-state index is 0.165. The number of anilines is 2. The summed E-state index contributed by atoms with van der Waals surface area (Å²) in [4.78, 5) is 13.5. The lowest BCUT2D eigenvalue weighted by atomic mass is 9.94. The minimum Gasteiger partial charge on any atom is -0.324 e. The van der Waals surface area contributed by atoms with Gasteiger partial charge in [0.2, 0.25) is 5.95 Å². The van der Waals surface area contributed by atoms with Crippen molar-refractivity contribution in [2.24, 2.45) is 5.10 Å². The van der Waals surface area contributed by atoms with E-state index in [0.29, 0.717) is 11.6 Å². The zero-order chi connectivity index (χ0) is 19.8. The molecule has 4 aromatic rings. The molecule has 0 amide bonds. The summed E-state index contributed by atoms with van der Waals surface area (Å²) in [5.74, 6) is 0.280. The van der Waals surface area contributed by atoms with Gasteiger partial charge in [0, 0.05) is 60.1 Å². The highest BCUT2D eigenvalue weighted by atomic mass is 32.1. The Labute approximate surface area is 170 Å². The number of nitrogens with one attached hydrogen (secondary N) is 1. The average molecular weight is 404 g/mol. The lowest BCUT2D eigenvalue weighted by molar-refractivity contribution is 0.381. The van der Waals surface area contributed by atoms with Crippen LogP contribution in [0.3, 0.4) is 0 Å². The van der Waals surface area contributed by atoms with E-state index in [1.54, 1.807) is 29.7 Å². The van der Waals surface area contributed by atoms with Gasteiger partial charge in [-0.05, 0) is 35.9 Å². The standard InChI is InChI=1S/C21H17FN6S/c1-28-12-14(11-25-28)17-9-19-13(7-18(17)20-23-5-6-29-20)10-24-21(27-19)26-16-4-2-3-15(22)8-16/h2-11,14H,12H2,1H3,(H,24,26,27). The number of rotatable bonds is 4. The van der Waals surface area contributed by atoms with Crippen molar-refractivity contribution in [3.8, 4) is 10.6 Å². The van der Waals surface area contributed by atoms with Crippen molar-refractivity contribution in [2.75, 3.05) is 18.9 Å². The van der Waals surface area contributed by atoms with Crippen LogP contribution in [0, 0.1) is 5.82 Å². The second-order valence-corrected chi connectivity index (χ2v) is 7.77. The lowest BCUT2D eigenvalue weighted by Gasteiger charge is -2.15. The van der Waals surface area contributed by atoms with Crippen LogP contribution in [-0.2, 0) is 0 Å². The fraction of sp³-hybridized carbons (Fsp3) is 0.143. The zero-order valence-electron chi connectivity index (χ0n) is 15.6. The first kappa shape index (κ1) is 17.7. The maximum atomic E-state index is 13.5. The van der Waals surface area contributed by atoms with E-state index in [0.717, 1.165) is 33.6 Å². The first-order valence-electron chi connectivity index (χ1n) is 9.14. The molecule has 0 saturated heterocycles. The molecule has 144 valence electrons. The van der Waals surface area contributed by atoms with Gasteiger partial charge in [0.05, 0.1) is 5.52 Å². The normalized spacial score (nSPS) is 15.9. The molecule has 1 aliphatic heterocycles. The molecule has 29 heavy (non-hydrogen) atoms. The Morgan fingerprint density at radius 1 is 1.21 bits per heavy atom. The number of likely N-dealkylation sites (N-methyl/N-ethyl adjacent to an activating group) is 1. The number of fused-ring (bicyclic) bond motifs is 1. The second-order valence-electron chi connectivity index (χ2n) is 6.88. The summed E-state index contributed by atoms with van der Waals surface area (Å²) >= 11 is 1.61. The quantitative estimate of drug-likeness (QED) is 0.536. The Morgan fingerprint density at radius 3 is 2.90 bits per heavy atom. The van der Waals surface area contributed by atoms with Gasteiger partial charge in [-0.1, -0.05) is 6.07 Å². The number of aromatic nitrogens is 3. The monoisotopic (exact) mass is 404 g/mol. The summed E-state index contributed by atoms with van der Waals surface area (Å²) in [7, 11) is 1.96. The molecule has 5 rings (SSSR count). The number of hydrogen-bond acceptors (Lipinski definition) is 7. The Hall–Kier alpha value is -3.39. The number of hydrogen-bond donors (Lipinski definition) is 1. The van der Waals surface area contributed by atoms with Gasteiger partial charge in [0.25, 0.3) is 0 Å². The van der Waals surface area contributed by atoms with Crippen molar-refractivity contribution < 1.29 is 4.39 Å². The molecular formula is C21H17FN6S. The molecule has 2 aromatic heterocycles. The van der Waals surface area contributed by atoms with Crippen LogP contribution in [0.25, 0.3) is 21.5 Å². The van der Waals surface area contributed by atoms with Crippen LogP contribution in [-0.4, -0.2) is 39.8 Å². The predicted molar refractivity (Wildman–Crippen MR) is 114 cm³/mol. The van der Waals surface area contributed by atoms with Gasteiger partial charge in [-0.15, -0.1) is 11.3 Å². The van der Waals surface area contributed by atoms with Crippen molar-refractivity contribution in [1.82, 2.24) is 20.0 Å². The number of hydrazone groups is 1. The average Bonchev–Trinajstić information content (AvgIpc) is 3.39. The molecule has 0 spiro atoms. The topological polar surface area (TPSA) is 66.3 Å². The maximum absolute atomic E-state index is 13.5. The van der Waals surface area contributed by atoms with Crippen LogP contribution in [0.2, 0.25) is 0 Å². The van der Waals surface area contributed by atoms with Gasteiger partial charge in [0.15, 0.2) is 0 Å². The molecule has 1 N–H and O–H groups in total. The Balaban J connectivity index is 1.58. The van der Waals surface area contributed by atoms with Crippen molar-refractivity contribution in [2.45, 2.75) is 5.92 Å². The molecule has 0 fully saturated rings. The highest BCUT2D eigenvalue weighted by Crippen LogP contribution is 2.35. The molecule has 6 nitrogen and oxygen atoms in total. The van der Waals surface area contributed by atoms with E-state index in [9.17, 15) is 4.39 Å². The van der Waals surface area contributed by atoms with Gasteiger partial charge in [-0.25, -0.2) is 19.3 Å². The van der Waals surface area contributed by atoms with Gasteiger partial charge >= 0.3 is 0 Å². The molecule has 0 aliphatic carbocycles. The highest BCUT2D eigenvalue weighted by molar-refractivity contribution is 7.13. The molecule has 0 saturated carbocycles. The second kappa shape index (κ2) is 7.21. The summed E-state index contributed by atoms with van der Waals surface area (Å²) in [6.45, 7) is 0.809. The van der Waals surface area contributed by atoms with Crippen LogP contribution in [0.1, 0.15) is 11.5 Å². The number of halogens is 1. The van der Waals surface area contributed by atoms with Crippen molar-refractivity contribution in [1.29, 1.82) is 0 Å². The van der Waals surface area contributed by atoms with Crippen LogP contribution in [0.5, 0.6) is 0 Å². The molecular weight excluding hydrogens is 387 g/mol. The molecule has 0 bridgehead atoms. The van der Waals surface area contributed by atoms with Gasteiger partial charge in [-0.3, -0.25) is 5.01 Å².